The fourth-order valence-corrected chi connectivity index (χ4v) is 2.13. The summed E-state index contributed by atoms with van der Waals surface area (Å²) in [5, 5.41) is 2.57. The summed E-state index contributed by atoms with van der Waals surface area (Å²) in [6.07, 6.45) is 0.969. The van der Waals surface area contributed by atoms with Crippen LogP contribution in [0, 0.1) is 0 Å². The van der Waals surface area contributed by atoms with E-state index in [1.165, 1.54) is 12.1 Å². The van der Waals surface area contributed by atoms with Crippen LogP contribution in [0.3, 0.4) is 0 Å². The van der Waals surface area contributed by atoms with Crippen LogP contribution in [-0.4, -0.2) is 11.4 Å². The molecule has 86 valence electrons. The predicted molar refractivity (Wildman–Crippen MR) is 55.3 cm³/mol. The number of carbonyl (C=O) groups excluding carboxylic acids is 1. The van der Waals surface area contributed by atoms with Crippen molar-refractivity contribution < 1.29 is 18.0 Å². The molecule has 1 aliphatic rings. The minimum Gasteiger partial charge on any atom is -0.326 e. The van der Waals surface area contributed by atoms with E-state index in [0.29, 0.717) is 18.5 Å². The smallest absolute Gasteiger partial charge is 0.326 e. The van der Waals surface area contributed by atoms with E-state index in [2.05, 4.69) is 5.32 Å². The van der Waals surface area contributed by atoms with E-state index in [1.54, 1.807) is 6.07 Å². The SMILES string of the molecule is O=C1CCc2ccc(SC(F)(F)F)cc2N1. The molecule has 0 radical (unpaired) electrons. The number of amides is 1. The first-order chi connectivity index (χ1) is 7.44. The number of halogens is 3. The van der Waals surface area contributed by atoms with Gasteiger partial charge in [0.2, 0.25) is 5.91 Å². The van der Waals surface area contributed by atoms with Gasteiger partial charge in [-0.1, -0.05) is 6.07 Å². The molecule has 2 rings (SSSR count). The summed E-state index contributed by atoms with van der Waals surface area (Å²) < 4.78 is 36.4. The molecular formula is C10H8F3NOS. The molecule has 1 aromatic carbocycles. The molecule has 0 spiro atoms. The molecule has 1 amide bonds. The first kappa shape index (κ1) is 11.3. The maximum atomic E-state index is 12.1. The molecule has 0 aromatic heterocycles. The lowest BCUT2D eigenvalue weighted by Crippen LogP contribution is -2.18. The van der Waals surface area contributed by atoms with E-state index in [-0.39, 0.29) is 22.6 Å². The molecule has 0 saturated heterocycles. The number of alkyl halides is 3. The molecule has 6 heteroatoms. The van der Waals surface area contributed by atoms with Crippen LogP contribution in [0.5, 0.6) is 0 Å². The summed E-state index contributed by atoms with van der Waals surface area (Å²) in [6.45, 7) is 0. The number of fused-ring (bicyclic) bond motifs is 1. The molecule has 1 aliphatic heterocycles. The van der Waals surface area contributed by atoms with Crippen LogP contribution in [0.15, 0.2) is 23.1 Å². The maximum Gasteiger partial charge on any atom is 0.446 e. The van der Waals surface area contributed by atoms with Crippen molar-refractivity contribution >= 4 is 23.4 Å². The van der Waals surface area contributed by atoms with E-state index < -0.39 is 5.51 Å². The van der Waals surface area contributed by atoms with Gasteiger partial charge in [-0.15, -0.1) is 0 Å². The number of aryl methyl sites for hydroxylation is 1. The van der Waals surface area contributed by atoms with Crippen LogP contribution in [0.2, 0.25) is 0 Å². The topological polar surface area (TPSA) is 29.1 Å². The zero-order chi connectivity index (χ0) is 11.8. The second-order valence-corrected chi connectivity index (χ2v) is 4.55. The average Bonchev–Trinajstić information content (AvgIpc) is 2.14. The fraction of sp³-hybridized carbons (Fsp3) is 0.300. The molecule has 2 nitrogen and oxygen atoms in total. The molecule has 0 aliphatic carbocycles. The standard InChI is InChI=1S/C10H8F3NOS/c11-10(12,13)16-7-3-1-6-2-4-9(15)14-8(6)5-7/h1,3,5H,2,4H2,(H,14,15). The van der Waals surface area contributed by atoms with Gasteiger partial charge in [0, 0.05) is 17.0 Å². The summed E-state index contributed by atoms with van der Waals surface area (Å²) in [5.41, 5.74) is -2.93. The summed E-state index contributed by atoms with van der Waals surface area (Å²) in [6, 6.07) is 4.42. The number of hydrogen-bond donors (Lipinski definition) is 1. The van der Waals surface area contributed by atoms with Gasteiger partial charge in [-0.25, -0.2) is 0 Å². The Morgan fingerprint density at radius 1 is 1.25 bits per heavy atom. The highest BCUT2D eigenvalue weighted by Gasteiger charge is 2.29. The number of benzene rings is 1. The summed E-state index contributed by atoms with van der Waals surface area (Å²) in [5.74, 6) is -0.151. The lowest BCUT2D eigenvalue weighted by atomic mass is 10.0. The highest BCUT2D eigenvalue weighted by atomic mass is 32.2. The van der Waals surface area contributed by atoms with E-state index in [1.807, 2.05) is 0 Å². The predicted octanol–water partition coefficient (Wildman–Crippen LogP) is 3.18. The zero-order valence-electron chi connectivity index (χ0n) is 8.10. The van der Waals surface area contributed by atoms with Crippen molar-refractivity contribution in [3.8, 4) is 0 Å². The second-order valence-electron chi connectivity index (χ2n) is 3.41. The Bertz CT molecular complexity index is 431. The van der Waals surface area contributed by atoms with Gasteiger partial charge in [-0.05, 0) is 35.9 Å². The molecule has 1 aromatic rings. The molecule has 1 N–H and O–H groups in total. The average molecular weight is 247 g/mol. The highest BCUT2D eigenvalue weighted by molar-refractivity contribution is 8.00. The van der Waals surface area contributed by atoms with Crippen molar-refractivity contribution in [1.29, 1.82) is 0 Å². The number of rotatable bonds is 1. The van der Waals surface area contributed by atoms with E-state index in [9.17, 15) is 18.0 Å². The van der Waals surface area contributed by atoms with Crippen LogP contribution < -0.4 is 5.32 Å². The summed E-state index contributed by atoms with van der Waals surface area (Å²) in [7, 11) is 0. The molecule has 0 saturated carbocycles. The molecule has 1 heterocycles. The largest absolute Gasteiger partial charge is 0.446 e. The summed E-state index contributed by atoms with van der Waals surface area (Å²) >= 11 is -0.177. The Balaban J connectivity index is 2.24. The summed E-state index contributed by atoms with van der Waals surface area (Å²) in [4.78, 5) is 11.2. The highest BCUT2D eigenvalue weighted by Crippen LogP contribution is 2.38. The number of nitrogens with one attached hydrogen (secondary N) is 1. The Morgan fingerprint density at radius 2 is 2.00 bits per heavy atom. The van der Waals surface area contributed by atoms with Crippen LogP contribution in [0.1, 0.15) is 12.0 Å². The van der Waals surface area contributed by atoms with Crippen molar-refractivity contribution in [3.05, 3.63) is 23.8 Å². The number of carbonyl (C=O) groups is 1. The quantitative estimate of drug-likeness (QED) is 0.772. The maximum absolute atomic E-state index is 12.1. The normalized spacial score (nSPS) is 15.6. The minimum absolute atomic E-state index is 0.0912. The second kappa shape index (κ2) is 4.01. The van der Waals surface area contributed by atoms with Gasteiger partial charge in [0.15, 0.2) is 0 Å². The van der Waals surface area contributed by atoms with Crippen LogP contribution in [-0.2, 0) is 11.2 Å². The number of thioether (sulfide) groups is 1. The lowest BCUT2D eigenvalue weighted by molar-refractivity contribution is -0.116. The Morgan fingerprint density at radius 3 is 2.69 bits per heavy atom. The fourth-order valence-electron chi connectivity index (χ4n) is 1.55. The van der Waals surface area contributed by atoms with Crippen molar-refractivity contribution in [1.82, 2.24) is 0 Å². The Hall–Kier alpha value is -1.17. The zero-order valence-corrected chi connectivity index (χ0v) is 8.91. The number of anilines is 1. The van der Waals surface area contributed by atoms with Gasteiger partial charge >= 0.3 is 5.51 Å². The van der Waals surface area contributed by atoms with Crippen molar-refractivity contribution in [3.63, 3.8) is 0 Å². The Kier molecular flexibility index (Phi) is 2.84. The third kappa shape index (κ3) is 2.69. The molecule has 16 heavy (non-hydrogen) atoms. The van der Waals surface area contributed by atoms with E-state index in [0.717, 1.165) is 5.56 Å². The van der Waals surface area contributed by atoms with Crippen LogP contribution >= 0.6 is 11.8 Å². The van der Waals surface area contributed by atoms with E-state index in [4.69, 9.17) is 0 Å². The third-order valence-electron chi connectivity index (χ3n) is 2.21. The van der Waals surface area contributed by atoms with Gasteiger partial charge in [-0.2, -0.15) is 13.2 Å². The number of hydrogen-bond acceptors (Lipinski definition) is 2. The Labute approximate surface area is 94.2 Å². The lowest BCUT2D eigenvalue weighted by Gasteiger charge is -2.17. The molecular weight excluding hydrogens is 239 g/mol. The molecule has 0 unspecified atom stereocenters. The first-order valence-corrected chi connectivity index (χ1v) is 5.44. The van der Waals surface area contributed by atoms with E-state index >= 15 is 0 Å². The molecule has 0 fully saturated rings. The van der Waals surface area contributed by atoms with Crippen LogP contribution in [0.4, 0.5) is 18.9 Å². The third-order valence-corrected chi connectivity index (χ3v) is 2.93. The van der Waals surface area contributed by atoms with Gasteiger partial charge in [0.1, 0.15) is 0 Å². The minimum atomic E-state index is -4.30. The van der Waals surface area contributed by atoms with Gasteiger partial charge in [0.25, 0.3) is 0 Å². The van der Waals surface area contributed by atoms with Crippen LogP contribution in [0.25, 0.3) is 0 Å². The first-order valence-electron chi connectivity index (χ1n) is 4.62. The van der Waals surface area contributed by atoms with Gasteiger partial charge in [0.05, 0.1) is 0 Å². The monoisotopic (exact) mass is 247 g/mol. The van der Waals surface area contributed by atoms with Gasteiger partial charge < -0.3 is 5.32 Å². The molecule has 0 bridgehead atoms. The van der Waals surface area contributed by atoms with Gasteiger partial charge in [-0.3, -0.25) is 4.79 Å². The van der Waals surface area contributed by atoms with Crippen molar-refractivity contribution in [2.45, 2.75) is 23.2 Å². The molecule has 0 atom stereocenters. The van der Waals surface area contributed by atoms with Crippen molar-refractivity contribution in [2.24, 2.45) is 0 Å². The van der Waals surface area contributed by atoms with Crippen molar-refractivity contribution in [2.75, 3.05) is 5.32 Å².